The number of rotatable bonds is 3. The predicted octanol–water partition coefficient (Wildman–Crippen LogP) is 3.21. The quantitative estimate of drug-likeness (QED) is 0.806. The number of aromatic nitrogens is 1. The van der Waals surface area contributed by atoms with Crippen LogP contribution in [0.4, 0.5) is 11.4 Å². The van der Waals surface area contributed by atoms with Gasteiger partial charge in [0.1, 0.15) is 0 Å². The van der Waals surface area contributed by atoms with Gasteiger partial charge in [0.15, 0.2) is 0 Å². The summed E-state index contributed by atoms with van der Waals surface area (Å²) in [7, 11) is 0. The number of carbonyl (C=O) groups excluding carboxylic acids is 1. The molecule has 4 nitrogen and oxygen atoms in total. The van der Waals surface area contributed by atoms with E-state index < -0.39 is 5.24 Å². The van der Waals surface area contributed by atoms with Gasteiger partial charge in [-0.05, 0) is 35.9 Å². The van der Waals surface area contributed by atoms with Crippen molar-refractivity contribution < 1.29 is 4.79 Å². The van der Waals surface area contributed by atoms with Gasteiger partial charge < -0.3 is 9.80 Å². The lowest BCUT2D eigenvalue weighted by molar-refractivity contribution is 0.108. The summed E-state index contributed by atoms with van der Waals surface area (Å²) >= 11 is 5.67. The van der Waals surface area contributed by atoms with E-state index in [0.29, 0.717) is 5.56 Å². The highest BCUT2D eigenvalue weighted by Gasteiger charge is 2.20. The van der Waals surface area contributed by atoms with Crippen molar-refractivity contribution in [3.8, 4) is 0 Å². The van der Waals surface area contributed by atoms with Crippen LogP contribution in [-0.2, 0) is 0 Å². The molecule has 3 rings (SSSR count). The van der Waals surface area contributed by atoms with Gasteiger partial charge in [0.05, 0.1) is 5.56 Å². The van der Waals surface area contributed by atoms with Crippen LogP contribution in [0, 0.1) is 0 Å². The van der Waals surface area contributed by atoms with Gasteiger partial charge in [-0.3, -0.25) is 9.78 Å². The Morgan fingerprint density at radius 3 is 2.18 bits per heavy atom. The summed E-state index contributed by atoms with van der Waals surface area (Å²) in [5, 5.41) is -0.401. The molecule has 1 saturated heterocycles. The van der Waals surface area contributed by atoms with Crippen molar-refractivity contribution in [2.24, 2.45) is 0 Å². The topological polar surface area (TPSA) is 36.4 Å². The zero-order valence-corrected chi connectivity index (χ0v) is 13.6. The Balaban J connectivity index is 0.00000176. The largest absolute Gasteiger partial charge is 0.368 e. The summed E-state index contributed by atoms with van der Waals surface area (Å²) in [5.74, 6) is 0. The first-order chi connectivity index (χ1) is 10.3. The Bertz CT molecular complexity index is 628. The highest BCUT2D eigenvalue weighted by atomic mass is 35.5. The fourth-order valence-corrected chi connectivity index (χ4v) is 2.84. The summed E-state index contributed by atoms with van der Waals surface area (Å²) in [6.07, 6.45) is 3.62. The Morgan fingerprint density at radius 2 is 1.55 bits per heavy atom. The smallest absolute Gasteiger partial charge is 0.254 e. The second-order valence-corrected chi connectivity index (χ2v) is 5.31. The molecule has 2 aromatic rings. The first-order valence-electron chi connectivity index (χ1n) is 6.94. The number of carbonyl (C=O) groups is 1. The molecule has 0 bridgehead atoms. The van der Waals surface area contributed by atoms with E-state index in [0.717, 1.165) is 31.9 Å². The Morgan fingerprint density at radius 1 is 0.955 bits per heavy atom. The van der Waals surface area contributed by atoms with Gasteiger partial charge in [0.2, 0.25) is 0 Å². The lowest BCUT2D eigenvalue weighted by atomic mass is 10.1. The SMILES string of the molecule is Cl.O=C(Cl)c1ccccc1N1CCN(c2ccncc2)CC1. The van der Waals surface area contributed by atoms with Crippen LogP contribution in [0.1, 0.15) is 10.4 Å². The van der Waals surface area contributed by atoms with Gasteiger partial charge >= 0.3 is 0 Å². The maximum Gasteiger partial charge on any atom is 0.254 e. The number of hydrogen-bond acceptors (Lipinski definition) is 4. The molecular formula is C16H17Cl2N3O. The van der Waals surface area contributed by atoms with E-state index in [2.05, 4.69) is 14.8 Å². The Kier molecular flexibility index (Phi) is 5.63. The summed E-state index contributed by atoms with van der Waals surface area (Å²) in [5.41, 5.74) is 2.69. The van der Waals surface area contributed by atoms with Crippen LogP contribution in [0.2, 0.25) is 0 Å². The molecule has 1 aliphatic heterocycles. The molecule has 1 aromatic carbocycles. The first kappa shape index (κ1) is 16.6. The molecule has 0 amide bonds. The molecular weight excluding hydrogens is 321 g/mol. The monoisotopic (exact) mass is 337 g/mol. The third-order valence-corrected chi connectivity index (χ3v) is 3.97. The standard InChI is InChI=1S/C16H16ClN3O.ClH/c17-16(21)14-3-1-2-4-15(14)20-11-9-19(10-12-20)13-5-7-18-8-6-13;/h1-8H,9-12H2;1H. The second-order valence-electron chi connectivity index (χ2n) is 4.97. The summed E-state index contributed by atoms with van der Waals surface area (Å²) < 4.78 is 0. The highest BCUT2D eigenvalue weighted by molar-refractivity contribution is 6.68. The molecule has 0 aliphatic carbocycles. The highest BCUT2D eigenvalue weighted by Crippen LogP contribution is 2.24. The normalized spacial score (nSPS) is 14.4. The number of nitrogens with zero attached hydrogens (tertiary/aromatic N) is 3. The van der Waals surface area contributed by atoms with Gasteiger partial charge in [-0.1, -0.05) is 12.1 Å². The van der Waals surface area contributed by atoms with Crippen LogP contribution in [0.3, 0.4) is 0 Å². The number of anilines is 2. The summed E-state index contributed by atoms with van der Waals surface area (Å²) in [6.45, 7) is 3.55. The Hall–Kier alpha value is -1.78. The summed E-state index contributed by atoms with van der Waals surface area (Å²) in [6, 6.07) is 11.6. The molecule has 22 heavy (non-hydrogen) atoms. The van der Waals surface area contributed by atoms with Crippen molar-refractivity contribution >= 4 is 40.6 Å². The molecule has 0 unspecified atom stereocenters. The maximum atomic E-state index is 11.5. The van der Waals surface area contributed by atoms with Crippen LogP contribution in [0.15, 0.2) is 48.8 Å². The van der Waals surface area contributed by atoms with Crippen molar-refractivity contribution in [3.05, 3.63) is 54.4 Å². The minimum Gasteiger partial charge on any atom is -0.368 e. The van der Waals surface area contributed by atoms with E-state index in [1.165, 1.54) is 5.69 Å². The predicted molar refractivity (Wildman–Crippen MR) is 92.5 cm³/mol. The Labute approximate surface area is 141 Å². The van der Waals surface area contributed by atoms with Gasteiger partial charge in [0, 0.05) is 49.9 Å². The summed E-state index contributed by atoms with van der Waals surface area (Å²) in [4.78, 5) is 20.1. The molecule has 1 aromatic heterocycles. The van der Waals surface area contributed by atoms with Gasteiger partial charge in [0.25, 0.3) is 5.24 Å². The van der Waals surface area contributed by atoms with E-state index in [1.54, 1.807) is 6.07 Å². The molecule has 1 aliphatic rings. The van der Waals surface area contributed by atoms with Gasteiger partial charge in [-0.25, -0.2) is 0 Å². The number of halogens is 2. The van der Waals surface area contributed by atoms with E-state index in [9.17, 15) is 4.79 Å². The molecule has 1 fully saturated rings. The van der Waals surface area contributed by atoms with Crippen LogP contribution in [0.5, 0.6) is 0 Å². The molecule has 0 radical (unpaired) electrons. The van der Waals surface area contributed by atoms with E-state index in [-0.39, 0.29) is 12.4 Å². The average Bonchev–Trinajstić information content (AvgIpc) is 2.56. The molecule has 0 N–H and O–H groups in total. The van der Waals surface area contributed by atoms with Crippen LogP contribution in [0.25, 0.3) is 0 Å². The first-order valence-corrected chi connectivity index (χ1v) is 7.32. The fraction of sp³-hybridized carbons (Fsp3) is 0.250. The van der Waals surface area contributed by atoms with E-state index in [4.69, 9.17) is 11.6 Å². The number of para-hydroxylation sites is 1. The number of pyridine rings is 1. The van der Waals surface area contributed by atoms with Crippen molar-refractivity contribution in [3.63, 3.8) is 0 Å². The van der Waals surface area contributed by atoms with Crippen molar-refractivity contribution in [2.75, 3.05) is 36.0 Å². The fourth-order valence-electron chi connectivity index (χ4n) is 2.68. The number of hydrogen-bond donors (Lipinski definition) is 0. The second kappa shape index (κ2) is 7.47. The van der Waals surface area contributed by atoms with E-state index >= 15 is 0 Å². The zero-order valence-electron chi connectivity index (χ0n) is 12.0. The van der Waals surface area contributed by atoms with Crippen molar-refractivity contribution in [1.82, 2.24) is 4.98 Å². The van der Waals surface area contributed by atoms with Gasteiger partial charge in [-0.2, -0.15) is 0 Å². The van der Waals surface area contributed by atoms with Crippen LogP contribution >= 0.6 is 24.0 Å². The van der Waals surface area contributed by atoms with Crippen LogP contribution in [-0.4, -0.2) is 36.4 Å². The minimum atomic E-state index is -0.401. The van der Waals surface area contributed by atoms with Crippen molar-refractivity contribution in [2.45, 2.75) is 0 Å². The minimum absolute atomic E-state index is 0. The molecule has 2 heterocycles. The molecule has 0 saturated carbocycles. The van der Waals surface area contributed by atoms with Crippen molar-refractivity contribution in [1.29, 1.82) is 0 Å². The van der Waals surface area contributed by atoms with Crippen LogP contribution < -0.4 is 9.80 Å². The van der Waals surface area contributed by atoms with E-state index in [1.807, 2.05) is 42.7 Å². The number of piperazine rings is 1. The number of benzene rings is 1. The lowest BCUT2D eigenvalue weighted by Gasteiger charge is -2.37. The lowest BCUT2D eigenvalue weighted by Crippen LogP contribution is -2.46. The van der Waals surface area contributed by atoms with Gasteiger partial charge in [-0.15, -0.1) is 12.4 Å². The average molecular weight is 338 g/mol. The molecule has 0 atom stereocenters. The molecule has 0 spiro atoms. The maximum absolute atomic E-state index is 11.5. The molecule has 6 heteroatoms. The molecule has 116 valence electrons. The third kappa shape index (κ3) is 3.51. The zero-order chi connectivity index (χ0) is 14.7. The third-order valence-electron chi connectivity index (χ3n) is 3.76.